The molecule has 0 radical (unpaired) electrons. The fourth-order valence-corrected chi connectivity index (χ4v) is 3.02. The lowest BCUT2D eigenvalue weighted by atomic mass is 9.70. The maximum atomic E-state index is 5.13. The third kappa shape index (κ3) is 3.30. The van der Waals surface area contributed by atoms with Crippen LogP contribution in [-0.4, -0.2) is 0 Å². The molecule has 1 aromatic rings. The Labute approximate surface area is 104 Å². The van der Waals surface area contributed by atoms with Crippen LogP contribution in [-0.2, 0) is 11.4 Å². The van der Waals surface area contributed by atoms with Crippen LogP contribution in [0.5, 0.6) is 0 Å². The Balaban J connectivity index is 2.13. The smallest absolute Gasteiger partial charge is 0.0930 e. The van der Waals surface area contributed by atoms with E-state index in [4.69, 9.17) is 10.7 Å². The monoisotopic (exact) mass is 233 g/mol. The molecule has 0 bridgehead atoms. The summed E-state index contributed by atoms with van der Waals surface area (Å²) < 4.78 is 0. The largest absolute Gasteiger partial charge is 0.300 e. The number of nitrogens with two attached hydrogens (primary N) is 1. The van der Waals surface area contributed by atoms with Gasteiger partial charge in [-0.1, -0.05) is 44.5 Å². The van der Waals surface area contributed by atoms with E-state index in [1.807, 2.05) is 0 Å². The van der Waals surface area contributed by atoms with Crippen molar-refractivity contribution < 1.29 is 4.84 Å². The van der Waals surface area contributed by atoms with Crippen LogP contribution in [0, 0.1) is 5.41 Å². The maximum Gasteiger partial charge on any atom is 0.0930 e. The van der Waals surface area contributed by atoms with E-state index >= 15 is 0 Å². The fraction of sp³-hybridized carbons (Fsp3) is 0.600. The Bertz CT molecular complexity index is 373. The van der Waals surface area contributed by atoms with Gasteiger partial charge in [-0.05, 0) is 41.7 Å². The SMILES string of the molecule is CC1(C)CCCC(c2cccc(CON)c2)C1. The highest BCUT2D eigenvalue weighted by atomic mass is 16.6. The average molecular weight is 233 g/mol. The van der Waals surface area contributed by atoms with Crippen molar-refractivity contribution in [3.05, 3.63) is 35.4 Å². The fourth-order valence-electron chi connectivity index (χ4n) is 3.02. The maximum absolute atomic E-state index is 5.13. The number of benzene rings is 1. The van der Waals surface area contributed by atoms with Gasteiger partial charge in [-0.2, -0.15) is 0 Å². The average Bonchev–Trinajstić information content (AvgIpc) is 2.28. The van der Waals surface area contributed by atoms with Crippen molar-refractivity contribution >= 4 is 0 Å². The number of rotatable bonds is 3. The van der Waals surface area contributed by atoms with Gasteiger partial charge in [-0.25, -0.2) is 5.90 Å². The molecule has 0 amide bonds. The van der Waals surface area contributed by atoms with Crippen LogP contribution in [0.1, 0.15) is 56.6 Å². The summed E-state index contributed by atoms with van der Waals surface area (Å²) in [5.74, 6) is 5.84. The summed E-state index contributed by atoms with van der Waals surface area (Å²) in [6.07, 6.45) is 5.31. The highest BCUT2D eigenvalue weighted by molar-refractivity contribution is 5.26. The van der Waals surface area contributed by atoms with Crippen LogP contribution in [0.4, 0.5) is 0 Å². The van der Waals surface area contributed by atoms with Crippen molar-refractivity contribution in [2.45, 2.75) is 52.1 Å². The molecule has 1 atom stereocenters. The molecule has 0 heterocycles. The van der Waals surface area contributed by atoms with E-state index in [-0.39, 0.29) is 0 Å². The molecule has 1 aliphatic carbocycles. The van der Waals surface area contributed by atoms with Crippen molar-refractivity contribution in [1.82, 2.24) is 0 Å². The summed E-state index contributed by atoms with van der Waals surface area (Å²) >= 11 is 0. The quantitative estimate of drug-likeness (QED) is 0.807. The van der Waals surface area contributed by atoms with Gasteiger partial charge < -0.3 is 0 Å². The summed E-state index contributed by atoms with van der Waals surface area (Å²) in [6, 6.07) is 8.68. The topological polar surface area (TPSA) is 35.2 Å². The summed E-state index contributed by atoms with van der Waals surface area (Å²) in [4.78, 5) is 4.71. The van der Waals surface area contributed by atoms with E-state index in [1.54, 1.807) is 0 Å². The molecule has 1 saturated carbocycles. The van der Waals surface area contributed by atoms with Gasteiger partial charge >= 0.3 is 0 Å². The lowest BCUT2D eigenvalue weighted by Crippen LogP contribution is -2.21. The van der Waals surface area contributed by atoms with Crippen molar-refractivity contribution in [2.24, 2.45) is 11.3 Å². The molecule has 0 aliphatic heterocycles. The van der Waals surface area contributed by atoms with E-state index in [9.17, 15) is 0 Å². The molecule has 1 aliphatic rings. The Morgan fingerprint density at radius 2 is 2.24 bits per heavy atom. The van der Waals surface area contributed by atoms with Gasteiger partial charge in [-0.15, -0.1) is 0 Å². The molecule has 0 spiro atoms. The van der Waals surface area contributed by atoms with Gasteiger partial charge in [0.05, 0.1) is 6.61 Å². The summed E-state index contributed by atoms with van der Waals surface area (Å²) in [5, 5.41) is 0. The first-order valence-electron chi connectivity index (χ1n) is 6.51. The molecule has 0 saturated heterocycles. The van der Waals surface area contributed by atoms with E-state index < -0.39 is 0 Å². The predicted octanol–water partition coefficient (Wildman–Crippen LogP) is 3.76. The highest BCUT2D eigenvalue weighted by Crippen LogP contribution is 2.43. The standard InChI is InChI=1S/C15H23NO/c1-15(2)8-4-7-14(10-15)13-6-3-5-12(9-13)11-17-16/h3,5-6,9,14H,4,7-8,10-11,16H2,1-2H3. The van der Waals surface area contributed by atoms with E-state index in [0.717, 1.165) is 0 Å². The normalized spacial score (nSPS) is 23.6. The van der Waals surface area contributed by atoms with Gasteiger partial charge in [0, 0.05) is 0 Å². The zero-order valence-electron chi connectivity index (χ0n) is 10.9. The van der Waals surface area contributed by atoms with Crippen LogP contribution in [0.25, 0.3) is 0 Å². The minimum atomic E-state index is 0.489. The van der Waals surface area contributed by atoms with Crippen LogP contribution >= 0.6 is 0 Å². The predicted molar refractivity (Wildman–Crippen MR) is 70.4 cm³/mol. The van der Waals surface area contributed by atoms with Crippen molar-refractivity contribution in [3.8, 4) is 0 Å². The van der Waals surface area contributed by atoms with Gasteiger partial charge in [0.25, 0.3) is 0 Å². The Hall–Kier alpha value is -0.860. The van der Waals surface area contributed by atoms with E-state index in [0.29, 0.717) is 17.9 Å². The Kier molecular flexibility index (Phi) is 3.85. The molecular weight excluding hydrogens is 210 g/mol. The zero-order chi connectivity index (χ0) is 12.3. The Morgan fingerprint density at radius 3 is 2.94 bits per heavy atom. The molecule has 2 heteroatoms. The van der Waals surface area contributed by atoms with E-state index in [2.05, 4.69) is 38.1 Å². The van der Waals surface area contributed by atoms with Crippen molar-refractivity contribution in [3.63, 3.8) is 0 Å². The van der Waals surface area contributed by atoms with Gasteiger partial charge in [-0.3, -0.25) is 4.84 Å². The summed E-state index contributed by atoms with van der Waals surface area (Å²) in [5.41, 5.74) is 3.12. The molecule has 0 aromatic heterocycles. The number of hydrogen-bond acceptors (Lipinski definition) is 2. The van der Waals surface area contributed by atoms with E-state index in [1.165, 1.54) is 36.8 Å². The zero-order valence-corrected chi connectivity index (χ0v) is 10.9. The number of hydrogen-bond donors (Lipinski definition) is 1. The molecule has 2 rings (SSSR count). The summed E-state index contributed by atoms with van der Waals surface area (Å²) in [7, 11) is 0. The molecule has 17 heavy (non-hydrogen) atoms. The minimum absolute atomic E-state index is 0.489. The molecule has 94 valence electrons. The minimum Gasteiger partial charge on any atom is -0.300 e. The molecule has 2 N–H and O–H groups in total. The molecule has 2 nitrogen and oxygen atoms in total. The third-order valence-corrected chi connectivity index (χ3v) is 3.88. The highest BCUT2D eigenvalue weighted by Gasteiger charge is 2.28. The summed E-state index contributed by atoms with van der Waals surface area (Å²) in [6.45, 7) is 5.27. The van der Waals surface area contributed by atoms with Crippen LogP contribution in [0.3, 0.4) is 0 Å². The molecule has 1 aromatic carbocycles. The molecule has 1 unspecified atom stereocenters. The lowest BCUT2D eigenvalue weighted by molar-refractivity contribution is 0.124. The van der Waals surface area contributed by atoms with Gasteiger partial charge in [0.15, 0.2) is 0 Å². The first-order valence-corrected chi connectivity index (χ1v) is 6.51. The first kappa shape index (κ1) is 12.6. The third-order valence-electron chi connectivity index (χ3n) is 3.88. The molecule has 1 fully saturated rings. The van der Waals surface area contributed by atoms with Crippen LogP contribution in [0.2, 0.25) is 0 Å². The molecular formula is C15H23NO. The van der Waals surface area contributed by atoms with Crippen molar-refractivity contribution in [2.75, 3.05) is 0 Å². The van der Waals surface area contributed by atoms with Gasteiger partial charge in [0.1, 0.15) is 0 Å². The Morgan fingerprint density at radius 1 is 1.41 bits per heavy atom. The lowest BCUT2D eigenvalue weighted by Gasteiger charge is -2.35. The second-order valence-corrected chi connectivity index (χ2v) is 6.01. The van der Waals surface area contributed by atoms with Crippen molar-refractivity contribution in [1.29, 1.82) is 0 Å². The second kappa shape index (κ2) is 5.19. The van der Waals surface area contributed by atoms with Crippen LogP contribution in [0.15, 0.2) is 24.3 Å². The van der Waals surface area contributed by atoms with Crippen LogP contribution < -0.4 is 5.90 Å². The van der Waals surface area contributed by atoms with Gasteiger partial charge in [0.2, 0.25) is 0 Å². The second-order valence-electron chi connectivity index (χ2n) is 6.01. The first-order chi connectivity index (χ1) is 8.11.